The van der Waals surface area contributed by atoms with Gasteiger partial charge in [-0.2, -0.15) is 0 Å². The average molecular weight is 347 g/mol. The van der Waals surface area contributed by atoms with E-state index >= 15 is 0 Å². The van der Waals surface area contributed by atoms with Crippen LogP contribution in [0.1, 0.15) is 27.0 Å². The molecule has 6 heteroatoms. The maximum atomic E-state index is 12.0. The standard InChI is InChI=1S/C18H21NO4S/c1-14-3-5-16(6-4-14)13-23-18(20)17-9-7-15(8-10-17)11-12-19-24(2,21)22/h3-10,19H,11-13H2,1-2H3. The minimum absolute atomic E-state index is 0.235. The lowest BCUT2D eigenvalue weighted by atomic mass is 10.1. The van der Waals surface area contributed by atoms with Crippen molar-refractivity contribution in [1.29, 1.82) is 0 Å². The molecule has 0 atom stereocenters. The molecule has 2 aromatic carbocycles. The van der Waals surface area contributed by atoms with Crippen molar-refractivity contribution >= 4 is 16.0 Å². The number of esters is 1. The van der Waals surface area contributed by atoms with Crippen molar-refractivity contribution in [3.63, 3.8) is 0 Å². The van der Waals surface area contributed by atoms with Gasteiger partial charge in [0.1, 0.15) is 6.61 Å². The molecule has 0 fully saturated rings. The van der Waals surface area contributed by atoms with E-state index in [1.54, 1.807) is 24.3 Å². The van der Waals surface area contributed by atoms with Crippen molar-refractivity contribution in [2.75, 3.05) is 12.8 Å². The maximum absolute atomic E-state index is 12.0. The molecule has 0 amide bonds. The molecule has 0 saturated heterocycles. The first-order valence-corrected chi connectivity index (χ1v) is 9.49. The van der Waals surface area contributed by atoms with Crippen molar-refractivity contribution in [2.45, 2.75) is 20.0 Å². The van der Waals surface area contributed by atoms with Gasteiger partial charge in [0.25, 0.3) is 0 Å². The van der Waals surface area contributed by atoms with Crippen LogP contribution < -0.4 is 4.72 Å². The Morgan fingerprint density at radius 2 is 1.58 bits per heavy atom. The molecule has 0 heterocycles. The molecule has 0 aliphatic rings. The quantitative estimate of drug-likeness (QED) is 0.781. The van der Waals surface area contributed by atoms with Crippen LogP contribution in [0.4, 0.5) is 0 Å². The van der Waals surface area contributed by atoms with E-state index < -0.39 is 10.0 Å². The molecule has 0 aliphatic heterocycles. The number of nitrogens with one attached hydrogen (secondary N) is 1. The summed E-state index contributed by atoms with van der Waals surface area (Å²) in [6.07, 6.45) is 1.69. The maximum Gasteiger partial charge on any atom is 0.338 e. The SMILES string of the molecule is Cc1ccc(COC(=O)c2ccc(CCNS(C)(=O)=O)cc2)cc1. The summed E-state index contributed by atoms with van der Waals surface area (Å²) in [6.45, 7) is 2.57. The molecule has 128 valence electrons. The Kier molecular flexibility index (Phi) is 6.11. The van der Waals surface area contributed by atoms with Crippen LogP contribution in [-0.2, 0) is 27.8 Å². The fourth-order valence-electron chi connectivity index (χ4n) is 2.10. The molecule has 0 spiro atoms. The van der Waals surface area contributed by atoms with Gasteiger partial charge in [-0.1, -0.05) is 42.0 Å². The molecule has 1 N–H and O–H groups in total. The summed E-state index contributed by atoms with van der Waals surface area (Å²) in [5.41, 5.74) is 3.52. The monoisotopic (exact) mass is 347 g/mol. The summed E-state index contributed by atoms with van der Waals surface area (Å²) in [5.74, 6) is -0.378. The largest absolute Gasteiger partial charge is 0.457 e. The van der Waals surface area contributed by atoms with Gasteiger partial charge in [-0.25, -0.2) is 17.9 Å². The lowest BCUT2D eigenvalue weighted by Crippen LogP contribution is -2.24. The molecule has 24 heavy (non-hydrogen) atoms. The van der Waals surface area contributed by atoms with Crippen LogP contribution in [0, 0.1) is 6.92 Å². The third kappa shape index (κ3) is 6.14. The highest BCUT2D eigenvalue weighted by atomic mass is 32.2. The van der Waals surface area contributed by atoms with Crippen LogP contribution in [0.5, 0.6) is 0 Å². The second kappa shape index (κ2) is 8.08. The number of hydrogen-bond acceptors (Lipinski definition) is 4. The smallest absolute Gasteiger partial charge is 0.338 e. The van der Waals surface area contributed by atoms with Crippen LogP contribution in [0.2, 0.25) is 0 Å². The van der Waals surface area contributed by atoms with E-state index in [0.717, 1.165) is 22.9 Å². The van der Waals surface area contributed by atoms with Crippen LogP contribution >= 0.6 is 0 Å². The van der Waals surface area contributed by atoms with Gasteiger partial charge in [-0.15, -0.1) is 0 Å². The Bertz CT molecular complexity index is 781. The van der Waals surface area contributed by atoms with Crippen LogP contribution in [-0.4, -0.2) is 27.2 Å². The van der Waals surface area contributed by atoms with Crippen molar-refractivity contribution in [2.24, 2.45) is 0 Å². The Balaban J connectivity index is 1.85. The molecule has 0 saturated carbocycles. The number of ether oxygens (including phenoxy) is 1. The summed E-state index contributed by atoms with van der Waals surface area (Å²) < 4.78 is 29.7. The predicted octanol–water partition coefficient (Wildman–Crippen LogP) is 2.44. The lowest BCUT2D eigenvalue weighted by molar-refractivity contribution is 0.0472. The third-order valence-corrected chi connectivity index (χ3v) is 4.19. The summed E-state index contributed by atoms with van der Waals surface area (Å²) in [4.78, 5) is 12.0. The van der Waals surface area contributed by atoms with E-state index in [1.807, 2.05) is 31.2 Å². The molecule has 2 aromatic rings. The molecule has 0 aliphatic carbocycles. The molecular formula is C18H21NO4S. The Hall–Kier alpha value is -2.18. The minimum Gasteiger partial charge on any atom is -0.457 e. The molecule has 5 nitrogen and oxygen atoms in total. The van der Waals surface area contributed by atoms with Gasteiger partial charge in [0.15, 0.2) is 0 Å². The van der Waals surface area contributed by atoms with Crippen molar-refractivity contribution in [1.82, 2.24) is 4.72 Å². The molecule has 0 aromatic heterocycles. The normalized spacial score (nSPS) is 11.2. The van der Waals surface area contributed by atoms with Gasteiger partial charge >= 0.3 is 5.97 Å². The zero-order chi connectivity index (χ0) is 17.6. The molecule has 0 bridgehead atoms. The predicted molar refractivity (Wildman–Crippen MR) is 93.3 cm³/mol. The second-order valence-corrected chi connectivity index (χ2v) is 7.51. The number of hydrogen-bond donors (Lipinski definition) is 1. The zero-order valence-electron chi connectivity index (χ0n) is 13.8. The summed E-state index contributed by atoms with van der Waals surface area (Å²) >= 11 is 0. The first-order chi connectivity index (χ1) is 11.3. The first kappa shape index (κ1) is 18.2. The number of rotatable bonds is 7. The van der Waals surface area contributed by atoms with E-state index in [4.69, 9.17) is 4.74 Å². The van der Waals surface area contributed by atoms with Gasteiger partial charge in [-0.3, -0.25) is 0 Å². The van der Waals surface area contributed by atoms with E-state index in [9.17, 15) is 13.2 Å². The van der Waals surface area contributed by atoms with Gasteiger partial charge in [0.05, 0.1) is 11.8 Å². The Morgan fingerprint density at radius 1 is 1.00 bits per heavy atom. The molecule has 0 radical (unpaired) electrons. The Morgan fingerprint density at radius 3 is 2.17 bits per heavy atom. The third-order valence-electron chi connectivity index (χ3n) is 3.46. The second-order valence-electron chi connectivity index (χ2n) is 5.68. The summed E-state index contributed by atoms with van der Waals surface area (Å²) in [6, 6.07) is 14.8. The van der Waals surface area contributed by atoms with E-state index in [0.29, 0.717) is 18.5 Å². The zero-order valence-corrected chi connectivity index (χ0v) is 14.6. The molecular weight excluding hydrogens is 326 g/mol. The van der Waals surface area contributed by atoms with Crippen LogP contribution in [0.25, 0.3) is 0 Å². The number of benzene rings is 2. The highest BCUT2D eigenvalue weighted by molar-refractivity contribution is 7.88. The van der Waals surface area contributed by atoms with E-state index in [-0.39, 0.29) is 12.6 Å². The van der Waals surface area contributed by atoms with Crippen LogP contribution in [0.3, 0.4) is 0 Å². The molecule has 2 rings (SSSR count). The van der Waals surface area contributed by atoms with Crippen molar-refractivity contribution in [3.05, 3.63) is 70.8 Å². The number of carbonyl (C=O) groups is 1. The summed E-state index contributed by atoms with van der Waals surface area (Å²) in [7, 11) is -3.18. The Labute approximate surface area is 142 Å². The fourth-order valence-corrected chi connectivity index (χ4v) is 2.58. The highest BCUT2D eigenvalue weighted by Gasteiger charge is 2.08. The molecule has 0 unspecified atom stereocenters. The van der Waals surface area contributed by atoms with Gasteiger partial charge in [-0.05, 0) is 36.6 Å². The topological polar surface area (TPSA) is 72.5 Å². The summed E-state index contributed by atoms with van der Waals surface area (Å²) in [5, 5.41) is 0. The van der Waals surface area contributed by atoms with Gasteiger partial charge < -0.3 is 4.74 Å². The first-order valence-electron chi connectivity index (χ1n) is 7.60. The fraction of sp³-hybridized carbons (Fsp3) is 0.278. The van der Waals surface area contributed by atoms with Crippen molar-refractivity contribution in [3.8, 4) is 0 Å². The number of carbonyl (C=O) groups excluding carboxylic acids is 1. The average Bonchev–Trinajstić information content (AvgIpc) is 2.53. The van der Waals surface area contributed by atoms with Crippen molar-refractivity contribution < 1.29 is 17.9 Å². The highest BCUT2D eigenvalue weighted by Crippen LogP contribution is 2.09. The van der Waals surface area contributed by atoms with Gasteiger partial charge in [0, 0.05) is 6.54 Å². The van der Waals surface area contributed by atoms with E-state index in [1.165, 1.54) is 0 Å². The van der Waals surface area contributed by atoms with Crippen LogP contribution in [0.15, 0.2) is 48.5 Å². The van der Waals surface area contributed by atoms with E-state index in [2.05, 4.69) is 4.72 Å². The minimum atomic E-state index is -3.18. The number of sulfonamides is 1. The van der Waals surface area contributed by atoms with Gasteiger partial charge in [0.2, 0.25) is 10.0 Å². The lowest BCUT2D eigenvalue weighted by Gasteiger charge is -2.07. The number of aryl methyl sites for hydroxylation is 1.